The topological polar surface area (TPSA) is 46.9 Å². The molecule has 4 rings (SSSR count). The highest BCUT2D eigenvalue weighted by Crippen LogP contribution is 2.41. The van der Waals surface area contributed by atoms with Gasteiger partial charge in [-0.2, -0.15) is 5.10 Å². The molecule has 1 saturated carbocycles. The van der Waals surface area contributed by atoms with Gasteiger partial charge in [0.05, 0.1) is 11.4 Å². The van der Waals surface area contributed by atoms with Gasteiger partial charge in [-0.25, -0.2) is 13.5 Å². The molecule has 1 aliphatic carbocycles. The van der Waals surface area contributed by atoms with Crippen LogP contribution in [0.2, 0.25) is 0 Å². The average Bonchev–Trinajstić information content (AvgIpc) is 3.40. The van der Waals surface area contributed by atoms with Crippen molar-refractivity contribution >= 4 is 11.6 Å². The van der Waals surface area contributed by atoms with E-state index in [-0.39, 0.29) is 0 Å². The molecule has 6 heteroatoms. The van der Waals surface area contributed by atoms with Crippen LogP contribution in [0.3, 0.4) is 0 Å². The highest BCUT2D eigenvalue weighted by Gasteiger charge is 2.28. The van der Waals surface area contributed by atoms with Gasteiger partial charge in [0.15, 0.2) is 0 Å². The van der Waals surface area contributed by atoms with Crippen molar-refractivity contribution in [3.05, 3.63) is 77.1 Å². The van der Waals surface area contributed by atoms with E-state index in [1.165, 1.54) is 24.6 Å². The van der Waals surface area contributed by atoms with E-state index in [2.05, 4.69) is 16.5 Å². The molecule has 1 heterocycles. The first-order valence-electron chi connectivity index (χ1n) is 8.45. The monoisotopic (exact) mass is 353 g/mol. The lowest BCUT2D eigenvalue weighted by Crippen LogP contribution is -2.14. The predicted octanol–water partition coefficient (Wildman–Crippen LogP) is 4.59. The third-order valence-electron chi connectivity index (χ3n) is 4.43. The van der Waals surface area contributed by atoms with Gasteiger partial charge in [0.1, 0.15) is 17.3 Å². The maximum absolute atomic E-state index is 13.7. The minimum absolute atomic E-state index is 0.313. The van der Waals surface area contributed by atoms with E-state index in [1.807, 2.05) is 11.6 Å². The van der Waals surface area contributed by atoms with Crippen molar-refractivity contribution in [3.8, 4) is 5.69 Å². The second kappa shape index (κ2) is 6.37. The molecule has 0 aliphatic heterocycles. The summed E-state index contributed by atoms with van der Waals surface area (Å²) >= 11 is 0. The van der Waals surface area contributed by atoms with Crippen LogP contribution >= 0.6 is 0 Å². The number of aromatic nitrogens is 2. The Kier molecular flexibility index (Phi) is 4.03. The summed E-state index contributed by atoms with van der Waals surface area (Å²) in [5.41, 5.74) is 2.85. The third kappa shape index (κ3) is 3.10. The van der Waals surface area contributed by atoms with Gasteiger partial charge in [0, 0.05) is 17.2 Å². The summed E-state index contributed by atoms with van der Waals surface area (Å²) in [6, 6.07) is 12.3. The standard InChI is InChI=1S/C20H17F2N3O/c1-12-11-18(13-5-6-13)25(24-12)15-9-7-14(8-10-15)20(26)23-19-16(21)3-2-4-17(19)22/h2-4,7-11,13H,5-6H2,1H3,(H,23,26). The molecule has 2 aromatic carbocycles. The summed E-state index contributed by atoms with van der Waals surface area (Å²) < 4.78 is 29.2. The molecule has 1 aromatic heterocycles. The second-order valence-corrected chi connectivity index (χ2v) is 6.49. The van der Waals surface area contributed by atoms with E-state index in [1.54, 1.807) is 24.3 Å². The van der Waals surface area contributed by atoms with Crippen LogP contribution in [0.15, 0.2) is 48.5 Å². The number of anilines is 1. The fourth-order valence-corrected chi connectivity index (χ4v) is 2.95. The number of carbonyl (C=O) groups excluding carboxylic acids is 1. The first-order valence-corrected chi connectivity index (χ1v) is 8.45. The third-order valence-corrected chi connectivity index (χ3v) is 4.43. The van der Waals surface area contributed by atoms with E-state index >= 15 is 0 Å². The number of nitrogens with zero attached hydrogens (tertiary/aromatic N) is 2. The summed E-state index contributed by atoms with van der Waals surface area (Å²) in [4.78, 5) is 12.3. The summed E-state index contributed by atoms with van der Waals surface area (Å²) in [6.45, 7) is 1.95. The van der Waals surface area contributed by atoms with E-state index < -0.39 is 23.2 Å². The van der Waals surface area contributed by atoms with Crippen LogP contribution in [0, 0.1) is 18.6 Å². The Balaban J connectivity index is 1.57. The number of para-hydroxylation sites is 1. The molecular formula is C20H17F2N3O. The molecule has 132 valence electrons. The van der Waals surface area contributed by atoms with Gasteiger partial charge in [-0.15, -0.1) is 0 Å². The number of benzene rings is 2. The average molecular weight is 353 g/mol. The SMILES string of the molecule is Cc1cc(C2CC2)n(-c2ccc(C(=O)Nc3c(F)cccc3F)cc2)n1. The minimum Gasteiger partial charge on any atom is -0.317 e. The highest BCUT2D eigenvalue weighted by molar-refractivity contribution is 6.04. The normalized spacial score (nSPS) is 13.7. The number of hydrogen-bond acceptors (Lipinski definition) is 2. The summed E-state index contributed by atoms with van der Waals surface area (Å²) in [5.74, 6) is -1.64. The van der Waals surface area contributed by atoms with Gasteiger partial charge in [-0.1, -0.05) is 6.07 Å². The van der Waals surface area contributed by atoms with Crippen molar-refractivity contribution in [2.24, 2.45) is 0 Å². The Morgan fingerprint density at radius 2 is 1.77 bits per heavy atom. The largest absolute Gasteiger partial charge is 0.317 e. The first kappa shape index (κ1) is 16.4. The van der Waals surface area contributed by atoms with Crippen molar-refractivity contribution in [1.29, 1.82) is 0 Å². The molecule has 1 amide bonds. The molecule has 1 fully saturated rings. The van der Waals surface area contributed by atoms with Gasteiger partial charge in [0.2, 0.25) is 0 Å². The quantitative estimate of drug-likeness (QED) is 0.746. The van der Waals surface area contributed by atoms with Gasteiger partial charge in [0.25, 0.3) is 5.91 Å². The van der Waals surface area contributed by atoms with Crippen LogP contribution in [-0.4, -0.2) is 15.7 Å². The maximum Gasteiger partial charge on any atom is 0.255 e. The second-order valence-electron chi connectivity index (χ2n) is 6.49. The highest BCUT2D eigenvalue weighted by atomic mass is 19.1. The number of halogens is 2. The van der Waals surface area contributed by atoms with Crippen LogP contribution in [0.4, 0.5) is 14.5 Å². The van der Waals surface area contributed by atoms with Crippen LogP contribution in [0.1, 0.15) is 40.5 Å². The van der Waals surface area contributed by atoms with Crippen LogP contribution < -0.4 is 5.32 Å². The number of aryl methyl sites for hydroxylation is 1. The molecule has 0 unspecified atom stereocenters. The van der Waals surface area contributed by atoms with Crippen molar-refractivity contribution in [2.45, 2.75) is 25.7 Å². The molecule has 0 bridgehead atoms. The number of hydrogen-bond donors (Lipinski definition) is 1. The van der Waals surface area contributed by atoms with Crippen LogP contribution in [0.5, 0.6) is 0 Å². The molecule has 1 aliphatic rings. The Morgan fingerprint density at radius 3 is 2.38 bits per heavy atom. The van der Waals surface area contributed by atoms with E-state index in [4.69, 9.17) is 0 Å². The van der Waals surface area contributed by atoms with Crippen LogP contribution in [0.25, 0.3) is 5.69 Å². The van der Waals surface area contributed by atoms with E-state index in [0.717, 1.165) is 23.5 Å². The smallest absolute Gasteiger partial charge is 0.255 e. The first-order chi connectivity index (χ1) is 12.5. The molecule has 0 spiro atoms. The van der Waals surface area contributed by atoms with Gasteiger partial charge < -0.3 is 5.32 Å². The Bertz CT molecular complexity index is 955. The zero-order valence-electron chi connectivity index (χ0n) is 14.2. The Labute approximate surface area is 149 Å². The molecule has 26 heavy (non-hydrogen) atoms. The van der Waals surface area contributed by atoms with E-state index in [0.29, 0.717) is 11.5 Å². The van der Waals surface area contributed by atoms with Crippen molar-refractivity contribution < 1.29 is 13.6 Å². The molecule has 3 aromatic rings. The van der Waals surface area contributed by atoms with Gasteiger partial charge in [-0.3, -0.25) is 4.79 Å². The maximum atomic E-state index is 13.7. The van der Waals surface area contributed by atoms with E-state index in [9.17, 15) is 13.6 Å². The molecule has 0 radical (unpaired) electrons. The number of rotatable bonds is 4. The Morgan fingerprint density at radius 1 is 1.12 bits per heavy atom. The zero-order chi connectivity index (χ0) is 18.3. The summed E-state index contributed by atoms with van der Waals surface area (Å²) in [7, 11) is 0. The van der Waals surface area contributed by atoms with Gasteiger partial charge in [-0.05, 0) is 62.2 Å². The summed E-state index contributed by atoms with van der Waals surface area (Å²) in [6.07, 6.45) is 2.33. The lowest BCUT2D eigenvalue weighted by molar-refractivity contribution is 0.102. The van der Waals surface area contributed by atoms with Gasteiger partial charge >= 0.3 is 0 Å². The lowest BCUT2D eigenvalue weighted by Gasteiger charge is -2.09. The molecule has 1 N–H and O–H groups in total. The number of amides is 1. The zero-order valence-corrected chi connectivity index (χ0v) is 14.2. The Hall–Kier alpha value is -3.02. The molecule has 0 atom stereocenters. The molecule has 4 nitrogen and oxygen atoms in total. The molecular weight excluding hydrogens is 336 g/mol. The lowest BCUT2D eigenvalue weighted by atomic mass is 10.1. The number of nitrogens with one attached hydrogen (secondary N) is 1. The summed E-state index contributed by atoms with van der Waals surface area (Å²) in [5, 5.41) is 6.81. The fraction of sp³-hybridized carbons (Fsp3) is 0.200. The fourth-order valence-electron chi connectivity index (χ4n) is 2.95. The molecule has 0 saturated heterocycles. The predicted molar refractivity (Wildman–Crippen MR) is 94.6 cm³/mol. The van der Waals surface area contributed by atoms with Crippen molar-refractivity contribution in [1.82, 2.24) is 9.78 Å². The number of carbonyl (C=O) groups is 1. The van der Waals surface area contributed by atoms with Crippen LogP contribution in [-0.2, 0) is 0 Å². The van der Waals surface area contributed by atoms with Crippen molar-refractivity contribution in [2.75, 3.05) is 5.32 Å². The minimum atomic E-state index is -0.809. The van der Waals surface area contributed by atoms with Crippen molar-refractivity contribution in [3.63, 3.8) is 0 Å².